The van der Waals surface area contributed by atoms with Crippen LogP contribution in [0.4, 0.5) is 0 Å². The number of aliphatic hydroxyl groups excluding tert-OH is 3. The quantitative estimate of drug-likeness (QED) is 0.316. The van der Waals surface area contributed by atoms with Crippen molar-refractivity contribution in [3.05, 3.63) is 47.6 Å². The predicted octanol–water partition coefficient (Wildman–Crippen LogP) is 4.14. The average Bonchev–Trinajstić information content (AvgIpc) is 2.72. The second-order valence-corrected chi connectivity index (χ2v) is 7.65. The van der Waals surface area contributed by atoms with E-state index in [1.165, 1.54) is 18.3 Å². The Kier molecular flexibility index (Phi) is 13.3. The molecule has 0 fully saturated rings. The molecule has 164 valence electrons. The fraction of sp³-hybridized carbons (Fsp3) is 0.625. The van der Waals surface area contributed by atoms with Crippen molar-refractivity contribution in [3.8, 4) is 0 Å². The van der Waals surface area contributed by atoms with Gasteiger partial charge < -0.3 is 20.1 Å². The van der Waals surface area contributed by atoms with Crippen molar-refractivity contribution in [2.75, 3.05) is 7.11 Å². The molecular formula is C24H38O5. The zero-order valence-corrected chi connectivity index (χ0v) is 17.9. The molecule has 0 aromatic heterocycles. The Morgan fingerprint density at radius 3 is 2.66 bits per heavy atom. The molecule has 0 aliphatic heterocycles. The van der Waals surface area contributed by atoms with Crippen molar-refractivity contribution in [1.29, 1.82) is 0 Å². The van der Waals surface area contributed by atoms with Crippen LogP contribution in [0, 0.1) is 0 Å². The van der Waals surface area contributed by atoms with Crippen molar-refractivity contribution in [1.82, 2.24) is 0 Å². The van der Waals surface area contributed by atoms with Gasteiger partial charge in [0.15, 0.2) is 0 Å². The smallest absolute Gasteiger partial charge is 0.305 e. The van der Waals surface area contributed by atoms with Crippen LogP contribution in [0.5, 0.6) is 0 Å². The van der Waals surface area contributed by atoms with Gasteiger partial charge in [0, 0.05) is 6.42 Å². The zero-order chi connectivity index (χ0) is 21.5. The third-order valence-corrected chi connectivity index (χ3v) is 5.06. The van der Waals surface area contributed by atoms with Gasteiger partial charge >= 0.3 is 5.97 Å². The van der Waals surface area contributed by atoms with E-state index in [1.807, 2.05) is 18.2 Å². The van der Waals surface area contributed by atoms with Crippen molar-refractivity contribution < 1.29 is 24.9 Å². The minimum absolute atomic E-state index is 0.239. The molecule has 0 saturated heterocycles. The molecule has 3 atom stereocenters. The summed E-state index contributed by atoms with van der Waals surface area (Å²) in [6, 6.07) is 0. The minimum atomic E-state index is -0.963. The van der Waals surface area contributed by atoms with E-state index in [0.717, 1.165) is 44.9 Å². The molecule has 0 bridgehead atoms. The maximum atomic E-state index is 11.1. The third-order valence-electron chi connectivity index (χ3n) is 5.06. The Morgan fingerprint density at radius 1 is 1.14 bits per heavy atom. The van der Waals surface area contributed by atoms with Gasteiger partial charge in [-0.1, -0.05) is 62.6 Å². The van der Waals surface area contributed by atoms with Gasteiger partial charge in [0.2, 0.25) is 0 Å². The van der Waals surface area contributed by atoms with E-state index in [1.54, 1.807) is 12.2 Å². The molecule has 0 amide bonds. The molecule has 1 aliphatic rings. The topological polar surface area (TPSA) is 87.0 Å². The highest BCUT2D eigenvalue weighted by Crippen LogP contribution is 2.23. The second-order valence-electron chi connectivity index (χ2n) is 7.65. The first kappa shape index (κ1) is 25.3. The van der Waals surface area contributed by atoms with Gasteiger partial charge in [-0.2, -0.15) is 0 Å². The Labute approximate surface area is 175 Å². The summed E-state index contributed by atoms with van der Waals surface area (Å²) in [4.78, 5) is 11.1. The largest absolute Gasteiger partial charge is 0.469 e. The summed E-state index contributed by atoms with van der Waals surface area (Å²) in [6.45, 7) is 2.16. The average molecular weight is 407 g/mol. The summed E-state index contributed by atoms with van der Waals surface area (Å²) >= 11 is 0. The molecule has 0 radical (unpaired) electrons. The van der Waals surface area contributed by atoms with Gasteiger partial charge in [-0.3, -0.25) is 4.79 Å². The second kappa shape index (κ2) is 15.2. The minimum Gasteiger partial charge on any atom is -0.469 e. The van der Waals surface area contributed by atoms with Gasteiger partial charge in [0.1, 0.15) is 0 Å². The van der Waals surface area contributed by atoms with E-state index in [0.29, 0.717) is 12.8 Å². The number of hydrogen-bond acceptors (Lipinski definition) is 5. The summed E-state index contributed by atoms with van der Waals surface area (Å²) in [5.74, 6) is -0.311. The van der Waals surface area contributed by atoms with Crippen LogP contribution in [-0.4, -0.2) is 46.7 Å². The van der Waals surface area contributed by atoms with Crippen LogP contribution in [0.3, 0.4) is 0 Å². The lowest BCUT2D eigenvalue weighted by Crippen LogP contribution is -2.23. The third kappa shape index (κ3) is 11.8. The maximum Gasteiger partial charge on any atom is 0.305 e. The Hall–Kier alpha value is -1.69. The number of carbonyl (C=O) groups excluding carboxylic acids is 1. The van der Waals surface area contributed by atoms with Crippen LogP contribution in [0.1, 0.15) is 71.1 Å². The van der Waals surface area contributed by atoms with Crippen molar-refractivity contribution in [2.24, 2.45) is 0 Å². The van der Waals surface area contributed by atoms with E-state index >= 15 is 0 Å². The van der Waals surface area contributed by atoms with Gasteiger partial charge in [0.25, 0.3) is 0 Å². The Balaban J connectivity index is 2.48. The van der Waals surface area contributed by atoms with Crippen molar-refractivity contribution in [2.45, 2.75) is 89.4 Å². The number of unbranched alkanes of at least 4 members (excludes halogenated alkanes) is 2. The highest BCUT2D eigenvalue weighted by Gasteiger charge is 2.13. The number of ether oxygens (including phenoxy) is 1. The molecule has 0 aromatic carbocycles. The maximum absolute atomic E-state index is 11.1. The van der Waals surface area contributed by atoms with Crippen LogP contribution >= 0.6 is 0 Å². The van der Waals surface area contributed by atoms with E-state index < -0.39 is 12.2 Å². The molecule has 3 N–H and O–H groups in total. The highest BCUT2D eigenvalue weighted by atomic mass is 16.5. The Morgan fingerprint density at radius 2 is 1.93 bits per heavy atom. The number of rotatable bonds is 13. The van der Waals surface area contributed by atoms with Gasteiger partial charge in [-0.15, -0.1) is 0 Å². The van der Waals surface area contributed by atoms with E-state index in [2.05, 4.69) is 17.7 Å². The summed E-state index contributed by atoms with van der Waals surface area (Å²) in [6.07, 6.45) is 17.3. The lowest BCUT2D eigenvalue weighted by atomic mass is 9.94. The number of hydrogen-bond donors (Lipinski definition) is 3. The number of methoxy groups -OCH3 is 1. The van der Waals surface area contributed by atoms with Gasteiger partial charge in [0.05, 0.1) is 25.4 Å². The summed E-state index contributed by atoms with van der Waals surface area (Å²) in [5.41, 5.74) is 2.37. The first-order valence-corrected chi connectivity index (χ1v) is 10.8. The normalized spacial score (nSPS) is 19.5. The lowest BCUT2D eigenvalue weighted by Gasteiger charge is -2.14. The fourth-order valence-corrected chi connectivity index (χ4v) is 3.23. The molecule has 0 spiro atoms. The molecule has 5 nitrogen and oxygen atoms in total. The zero-order valence-electron chi connectivity index (χ0n) is 17.9. The SMILES string of the molecule is CCCCC[C@H](O)C=CC1=CC(=CC=C[C@@H](O)[C@@H](O)CCCC(=O)OC)CCC1. The van der Waals surface area contributed by atoms with Crippen molar-refractivity contribution >= 4 is 5.97 Å². The van der Waals surface area contributed by atoms with Crippen LogP contribution in [0.15, 0.2) is 47.6 Å². The van der Waals surface area contributed by atoms with Crippen LogP contribution in [0.25, 0.3) is 0 Å². The molecule has 0 heterocycles. The molecule has 1 rings (SSSR count). The summed E-state index contributed by atoms with van der Waals surface area (Å²) in [7, 11) is 1.33. The lowest BCUT2D eigenvalue weighted by molar-refractivity contribution is -0.140. The highest BCUT2D eigenvalue weighted by molar-refractivity contribution is 5.68. The Bertz CT molecular complexity index is 588. The van der Waals surface area contributed by atoms with E-state index in [9.17, 15) is 20.1 Å². The van der Waals surface area contributed by atoms with Crippen LogP contribution in [0.2, 0.25) is 0 Å². The molecule has 0 aromatic rings. The van der Waals surface area contributed by atoms with Crippen LogP contribution in [-0.2, 0) is 9.53 Å². The molecular weight excluding hydrogens is 368 g/mol. The number of esters is 1. The molecule has 5 heteroatoms. The fourth-order valence-electron chi connectivity index (χ4n) is 3.23. The molecule has 1 aliphatic carbocycles. The summed E-state index contributed by atoms with van der Waals surface area (Å²) < 4.78 is 4.56. The van der Waals surface area contributed by atoms with E-state index in [4.69, 9.17) is 0 Å². The number of carbonyl (C=O) groups is 1. The monoisotopic (exact) mass is 406 g/mol. The number of allylic oxidation sites excluding steroid dienone is 6. The summed E-state index contributed by atoms with van der Waals surface area (Å²) in [5, 5.41) is 30.0. The van der Waals surface area contributed by atoms with Gasteiger partial charge in [-0.25, -0.2) is 0 Å². The first-order chi connectivity index (χ1) is 14.0. The number of aliphatic hydroxyl groups is 3. The molecule has 0 saturated carbocycles. The van der Waals surface area contributed by atoms with E-state index in [-0.39, 0.29) is 18.5 Å². The predicted molar refractivity (Wildman–Crippen MR) is 116 cm³/mol. The van der Waals surface area contributed by atoms with Gasteiger partial charge in [-0.05, 0) is 49.7 Å². The van der Waals surface area contributed by atoms with Crippen molar-refractivity contribution in [3.63, 3.8) is 0 Å². The van der Waals surface area contributed by atoms with Crippen LogP contribution < -0.4 is 0 Å². The standard InChI is InChI=1S/C24H38O5/c1-3-4-5-12-21(25)17-16-20-10-6-9-19(18-20)11-7-13-22(26)23(27)14-8-15-24(28)29-2/h7,11,13,16-18,21-23,25-27H,3-6,8-10,12,14-15H2,1-2H3/t21-,22+,23-/m0/s1. The molecule has 0 unspecified atom stereocenters. The molecule has 29 heavy (non-hydrogen) atoms. The first-order valence-electron chi connectivity index (χ1n) is 10.8.